The lowest BCUT2D eigenvalue weighted by Gasteiger charge is -2.28. The Bertz CT molecular complexity index is 381. The van der Waals surface area contributed by atoms with E-state index in [0.717, 1.165) is 18.6 Å². The third kappa shape index (κ3) is 2.69. The van der Waals surface area contributed by atoms with Crippen molar-refractivity contribution in [1.29, 1.82) is 0 Å². The molecule has 1 fully saturated rings. The Morgan fingerprint density at radius 1 is 1.53 bits per heavy atom. The second-order valence-corrected chi connectivity index (χ2v) is 4.67. The van der Waals surface area contributed by atoms with Crippen LogP contribution in [-0.2, 0) is 0 Å². The summed E-state index contributed by atoms with van der Waals surface area (Å²) in [5.41, 5.74) is 6.24. The number of nitrogens with zero attached hydrogens (tertiary/aromatic N) is 1. The molecule has 94 valence electrons. The second kappa shape index (κ2) is 5.36. The molecule has 17 heavy (non-hydrogen) atoms. The molecular formula is C13H20N2O2. The molecule has 0 atom stereocenters. The molecule has 4 heteroatoms. The van der Waals surface area contributed by atoms with Crippen LogP contribution in [-0.4, -0.2) is 29.9 Å². The van der Waals surface area contributed by atoms with Crippen LogP contribution in [0.5, 0.6) is 0 Å². The van der Waals surface area contributed by atoms with Gasteiger partial charge in [0, 0.05) is 19.1 Å². The van der Waals surface area contributed by atoms with Crippen LogP contribution in [0.2, 0.25) is 0 Å². The number of hydrogen-bond donors (Lipinski definition) is 1. The number of nitrogens with two attached hydrogens (primary N) is 1. The minimum atomic E-state index is 0.0548. The van der Waals surface area contributed by atoms with E-state index in [0.29, 0.717) is 24.7 Å². The maximum atomic E-state index is 12.3. The Labute approximate surface area is 102 Å². The molecule has 0 aliphatic heterocycles. The van der Waals surface area contributed by atoms with Gasteiger partial charge in [-0.25, -0.2) is 0 Å². The van der Waals surface area contributed by atoms with Crippen LogP contribution in [0.3, 0.4) is 0 Å². The van der Waals surface area contributed by atoms with E-state index in [1.165, 1.54) is 19.1 Å². The van der Waals surface area contributed by atoms with Crippen LogP contribution in [0.1, 0.15) is 41.8 Å². The standard InChI is InChI=1S/C13H20N2O2/c1-10-8-11(9-17-10)13(16)15(7-6-14)12-4-2-3-5-12/h8-9,12H,2-7,14H2,1H3. The van der Waals surface area contributed by atoms with E-state index >= 15 is 0 Å². The summed E-state index contributed by atoms with van der Waals surface area (Å²) in [7, 11) is 0. The SMILES string of the molecule is Cc1cc(C(=O)N(CCN)C2CCCC2)co1. The van der Waals surface area contributed by atoms with Crippen molar-refractivity contribution in [3.8, 4) is 0 Å². The normalized spacial score (nSPS) is 16.4. The number of hydrogen-bond acceptors (Lipinski definition) is 3. The van der Waals surface area contributed by atoms with E-state index < -0.39 is 0 Å². The van der Waals surface area contributed by atoms with E-state index in [2.05, 4.69) is 0 Å². The number of carbonyl (C=O) groups excluding carboxylic acids is 1. The molecule has 1 amide bonds. The highest BCUT2D eigenvalue weighted by Gasteiger charge is 2.27. The molecule has 0 radical (unpaired) electrons. The summed E-state index contributed by atoms with van der Waals surface area (Å²) in [5, 5.41) is 0. The lowest BCUT2D eigenvalue weighted by atomic mass is 10.1. The second-order valence-electron chi connectivity index (χ2n) is 4.67. The molecule has 0 spiro atoms. The fourth-order valence-corrected chi connectivity index (χ4v) is 2.53. The molecular weight excluding hydrogens is 216 g/mol. The Hall–Kier alpha value is -1.29. The largest absolute Gasteiger partial charge is 0.469 e. The summed E-state index contributed by atoms with van der Waals surface area (Å²) in [6.07, 6.45) is 6.16. The third-order valence-corrected chi connectivity index (χ3v) is 3.37. The van der Waals surface area contributed by atoms with Gasteiger partial charge in [-0.15, -0.1) is 0 Å². The molecule has 0 saturated heterocycles. The fraction of sp³-hybridized carbons (Fsp3) is 0.615. The molecule has 2 rings (SSSR count). The molecule has 1 heterocycles. The molecule has 0 unspecified atom stereocenters. The first-order valence-electron chi connectivity index (χ1n) is 6.28. The highest BCUT2D eigenvalue weighted by atomic mass is 16.3. The minimum absolute atomic E-state index is 0.0548. The van der Waals surface area contributed by atoms with E-state index in [4.69, 9.17) is 10.2 Å². The van der Waals surface area contributed by atoms with Crippen LogP contribution in [0.4, 0.5) is 0 Å². The molecule has 4 nitrogen and oxygen atoms in total. The summed E-state index contributed by atoms with van der Waals surface area (Å²) in [4.78, 5) is 14.3. The Balaban J connectivity index is 2.12. The van der Waals surface area contributed by atoms with Gasteiger partial charge in [0.2, 0.25) is 0 Å². The van der Waals surface area contributed by atoms with Gasteiger partial charge in [0.1, 0.15) is 12.0 Å². The van der Waals surface area contributed by atoms with Crippen molar-refractivity contribution in [1.82, 2.24) is 4.90 Å². The van der Waals surface area contributed by atoms with Crippen molar-refractivity contribution in [2.24, 2.45) is 5.73 Å². The van der Waals surface area contributed by atoms with Crippen molar-refractivity contribution in [3.05, 3.63) is 23.7 Å². The van der Waals surface area contributed by atoms with Crippen molar-refractivity contribution in [2.45, 2.75) is 38.6 Å². The molecule has 1 aliphatic carbocycles. The number of rotatable bonds is 4. The van der Waals surface area contributed by atoms with Gasteiger partial charge < -0.3 is 15.1 Å². The Morgan fingerprint density at radius 2 is 2.24 bits per heavy atom. The number of furan rings is 1. The quantitative estimate of drug-likeness (QED) is 0.869. The van der Waals surface area contributed by atoms with E-state index in [1.54, 1.807) is 6.07 Å². The number of aryl methyl sites for hydroxylation is 1. The maximum absolute atomic E-state index is 12.3. The maximum Gasteiger partial charge on any atom is 0.257 e. The molecule has 1 aromatic rings. The predicted molar refractivity (Wildman–Crippen MR) is 65.8 cm³/mol. The molecule has 2 N–H and O–H groups in total. The van der Waals surface area contributed by atoms with Crippen LogP contribution in [0.25, 0.3) is 0 Å². The van der Waals surface area contributed by atoms with Gasteiger partial charge in [0.25, 0.3) is 5.91 Å². The zero-order valence-electron chi connectivity index (χ0n) is 10.3. The van der Waals surface area contributed by atoms with Gasteiger partial charge in [-0.2, -0.15) is 0 Å². The summed E-state index contributed by atoms with van der Waals surface area (Å²) >= 11 is 0. The molecule has 0 aromatic carbocycles. The van der Waals surface area contributed by atoms with Gasteiger partial charge in [-0.1, -0.05) is 12.8 Å². The molecule has 0 bridgehead atoms. The number of carbonyl (C=O) groups is 1. The summed E-state index contributed by atoms with van der Waals surface area (Å²) in [6, 6.07) is 2.15. The Morgan fingerprint density at radius 3 is 2.76 bits per heavy atom. The Kier molecular flexibility index (Phi) is 3.84. The predicted octanol–water partition coefficient (Wildman–Crippen LogP) is 1.93. The molecule has 1 aliphatic rings. The third-order valence-electron chi connectivity index (χ3n) is 3.37. The van der Waals surface area contributed by atoms with Crippen molar-refractivity contribution in [3.63, 3.8) is 0 Å². The van der Waals surface area contributed by atoms with Gasteiger partial charge in [-0.05, 0) is 25.8 Å². The highest BCUT2D eigenvalue weighted by Crippen LogP contribution is 2.25. The first-order valence-corrected chi connectivity index (χ1v) is 6.28. The van der Waals surface area contributed by atoms with Crippen LogP contribution in [0, 0.1) is 6.92 Å². The van der Waals surface area contributed by atoms with Gasteiger partial charge in [-0.3, -0.25) is 4.79 Å². The van der Waals surface area contributed by atoms with E-state index in [9.17, 15) is 4.79 Å². The van der Waals surface area contributed by atoms with Gasteiger partial charge >= 0.3 is 0 Å². The summed E-state index contributed by atoms with van der Waals surface area (Å²) in [5.74, 6) is 0.826. The van der Waals surface area contributed by atoms with Gasteiger partial charge in [0.15, 0.2) is 0 Å². The highest BCUT2D eigenvalue weighted by molar-refractivity contribution is 5.94. The zero-order valence-corrected chi connectivity index (χ0v) is 10.3. The van der Waals surface area contributed by atoms with Crippen LogP contribution in [0.15, 0.2) is 16.7 Å². The summed E-state index contributed by atoms with van der Waals surface area (Å²) < 4.78 is 5.20. The first kappa shape index (κ1) is 12.2. The average Bonchev–Trinajstić information content (AvgIpc) is 2.95. The minimum Gasteiger partial charge on any atom is -0.469 e. The average molecular weight is 236 g/mol. The monoisotopic (exact) mass is 236 g/mol. The van der Waals surface area contributed by atoms with E-state index in [-0.39, 0.29) is 5.91 Å². The van der Waals surface area contributed by atoms with Gasteiger partial charge in [0.05, 0.1) is 5.56 Å². The molecule has 1 saturated carbocycles. The topological polar surface area (TPSA) is 59.5 Å². The number of amides is 1. The lowest BCUT2D eigenvalue weighted by Crippen LogP contribution is -2.41. The van der Waals surface area contributed by atoms with Crippen LogP contribution >= 0.6 is 0 Å². The first-order chi connectivity index (χ1) is 8.22. The van der Waals surface area contributed by atoms with Crippen molar-refractivity contribution >= 4 is 5.91 Å². The van der Waals surface area contributed by atoms with Crippen LogP contribution < -0.4 is 5.73 Å². The zero-order chi connectivity index (χ0) is 12.3. The van der Waals surface area contributed by atoms with Crippen molar-refractivity contribution < 1.29 is 9.21 Å². The van der Waals surface area contributed by atoms with Crippen molar-refractivity contribution in [2.75, 3.05) is 13.1 Å². The lowest BCUT2D eigenvalue weighted by molar-refractivity contribution is 0.0687. The smallest absolute Gasteiger partial charge is 0.257 e. The van der Waals surface area contributed by atoms with E-state index in [1.807, 2.05) is 11.8 Å². The fourth-order valence-electron chi connectivity index (χ4n) is 2.53. The summed E-state index contributed by atoms with van der Waals surface area (Å²) in [6.45, 7) is 2.99. The molecule has 1 aromatic heterocycles.